The molecule has 0 spiro atoms. The first-order valence-corrected chi connectivity index (χ1v) is 12.1. The van der Waals surface area contributed by atoms with Crippen LogP contribution < -0.4 is 10.6 Å². The molecule has 7 nitrogen and oxygen atoms in total. The SMILES string of the molecule is O=C(CSc1nnc(-c2ccccc2)n1-c1ccccc1)Nc1ccccc1C(=O)NC1CC1. The third-order valence-corrected chi connectivity index (χ3v) is 6.30. The zero-order chi connectivity index (χ0) is 23.3. The molecule has 0 saturated heterocycles. The number of thioether (sulfide) groups is 1. The third kappa shape index (κ3) is 5.02. The van der Waals surface area contributed by atoms with Gasteiger partial charge in [-0.15, -0.1) is 10.2 Å². The van der Waals surface area contributed by atoms with E-state index in [4.69, 9.17) is 0 Å². The summed E-state index contributed by atoms with van der Waals surface area (Å²) in [6.07, 6.45) is 2.01. The summed E-state index contributed by atoms with van der Waals surface area (Å²) in [5, 5.41) is 15.2. The molecule has 8 heteroatoms. The Bertz CT molecular complexity index is 1300. The Morgan fingerprint density at radius 1 is 0.882 bits per heavy atom. The van der Waals surface area contributed by atoms with Gasteiger partial charge in [-0.1, -0.05) is 72.4 Å². The summed E-state index contributed by atoms with van der Waals surface area (Å²) < 4.78 is 1.95. The number of carbonyl (C=O) groups is 2. The topological polar surface area (TPSA) is 88.9 Å². The van der Waals surface area contributed by atoms with E-state index in [1.54, 1.807) is 24.3 Å². The van der Waals surface area contributed by atoms with E-state index in [9.17, 15) is 9.59 Å². The van der Waals surface area contributed by atoms with Crippen molar-refractivity contribution in [3.8, 4) is 17.1 Å². The first-order chi connectivity index (χ1) is 16.7. The van der Waals surface area contributed by atoms with Crippen LogP contribution in [-0.2, 0) is 4.79 Å². The summed E-state index contributed by atoms with van der Waals surface area (Å²) in [4.78, 5) is 25.3. The highest BCUT2D eigenvalue weighted by molar-refractivity contribution is 7.99. The Morgan fingerprint density at radius 3 is 2.29 bits per heavy atom. The summed E-state index contributed by atoms with van der Waals surface area (Å²) in [6.45, 7) is 0. The van der Waals surface area contributed by atoms with E-state index in [0.717, 1.165) is 24.1 Å². The summed E-state index contributed by atoms with van der Waals surface area (Å²) in [5.74, 6) is 0.443. The Labute approximate surface area is 201 Å². The molecule has 1 aliphatic carbocycles. The smallest absolute Gasteiger partial charge is 0.253 e. The number of para-hydroxylation sites is 2. The highest BCUT2D eigenvalue weighted by Crippen LogP contribution is 2.28. The molecule has 0 bridgehead atoms. The lowest BCUT2D eigenvalue weighted by molar-refractivity contribution is -0.113. The van der Waals surface area contributed by atoms with Crippen molar-refractivity contribution in [2.45, 2.75) is 24.0 Å². The van der Waals surface area contributed by atoms with E-state index >= 15 is 0 Å². The second-order valence-electron chi connectivity index (χ2n) is 7.97. The van der Waals surface area contributed by atoms with Crippen molar-refractivity contribution in [1.82, 2.24) is 20.1 Å². The molecule has 0 atom stereocenters. The average molecular weight is 470 g/mol. The van der Waals surface area contributed by atoms with Gasteiger partial charge in [-0.25, -0.2) is 0 Å². The molecule has 3 aromatic carbocycles. The van der Waals surface area contributed by atoms with Crippen LogP contribution in [-0.4, -0.2) is 38.4 Å². The fourth-order valence-corrected chi connectivity index (χ4v) is 4.30. The Morgan fingerprint density at radius 2 is 1.56 bits per heavy atom. The minimum Gasteiger partial charge on any atom is -0.349 e. The first kappa shape index (κ1) is 21.9. The minimum absolute atomic E-state index is 0.123. The van der Waals surface area contributed by atoms with Crippen molar-refractivity contribution in [3.63, 3.8) is 0 Å². The minimum atomic E-state index is -0.222. The fourth-order valence-electron chi connectivity index (χ4n) is 3.54. The van der Waals surface area contributed by atoms with E-state index in [1.807, 2.05) is 65.2 Å². The Kier molecular flexibility index (Phi) is 6.40. The van der Waals surface area contributed by atoms with E-state index in [0.29, 0.717) is 22.2 Å². The molecule has 1 heterocycles. The van der Waals surface area contributed by atoms with E-state index in [2.05, 4.69) is 20.8 Å². The van der Waals surface area contributed by atoms with Gasteiger partial charge >= 0.3 is 0 Å². The maximum atomic E-state index is 12.8. The second kappa shape index (κ2) is 9.93. The molecule has 1 aromatic heterocycles. The van der Waals surface area contributed by atoms with Crippen LogP contribution in [0.25, 0.3) is 17.1 Å². The average Bonchev–Trinajstić information content (AvgIpc) is 3.59. The lowest BCUT2D eigenvalue weighted by Crippen LogP contribution is -2.27. The van der Waals surface area contributed by atoms with Gasteiger partial charge in [0.2, 0.25) is 5.91 Å². The van der Waals surface area contributed by atoms with Gasteiger partial charge in [-0.2, -0.15) is 0 Å². The van der Waals surface area contributed by atoms with Gasteiger partial charge in [0.1, 0.15) is 0 Å². The van der Waals surface area contributed by atoms with Crippen molar-refractivity contribution in [2.24, 2.45) is 0 Å². The molecule has 1 fully saturated rings. The molecule has 34 heavy (non-hydrogen) atoms. The van der Waals surface area contributed by atoms with Crippen LogP contribution in [0.2, 0.25) is 0 Å². The maximum absolute atomic E-state index is 12.8. The van der Waals surface area contributed by atoms with Crippen LogP contribution in [0, 0.1) is 0 Å². The normalized spacial score (nSPS) is 12.8. The highest BCUT2D eigenvalue weighted by atomic mass is 32.2. The first-order valence-electron chi connectivity index (χ1n) is 11.1. The zero-order valence-electron chi connectivity index (χ0n) is 18.3. The molecule has 0 radical (unpaired) electrons. The number of aromatic nitrogens is 3. The van der Waals surface area contributed by atoms with Crippen molar-refractivity contribution in [1.29, 1.82) is 0 Å². The summed E-state index contributed by atoms with van der Waals surface area (Å²) in [5.41, 5.74) is 2.81. The predicted octanol–water partition coefficient (Wildman–Crippen LogP) is 4.56. The molecule has 2 amide bonds. The molecule has 4 aromatic rings. The molecule has 0 aliphatic heterocycles. The lowest BCUT2D eigenvalue weighted by Gasteiger charge is -2.12. The van der Waals surface area contributed by atoms with Gasteiger partial charge < -0.3 is 10.6 Å². The van der Waals surface area contributed by atoms with Crippen molar-refractivity contribution in [3.05, 3.63) is 90.5 Å². The molecular formula is C26H23N5O2S. The van der Waals surface area contributed by atoms with Gasteiger partial charge in [0.15, 0.2) is 11.0 Å². The van der Waals surface area contributed by atoms with Crippen LogP contribution in [0.5, 0.6) is 0 Å². The number of rotatable bonds is 8. The zero-order valence-corrected chi connectivity index (χ0v) is 19.2. The lowest BCUT2D eigenvalue weighted by atomic mass is 10.1. The fraction of sp³-hybridized carbons (Fsp3) is 0.154. The van der Waals surface area contributed by atoms with Crippen LogP contribution in [0.4, 0.5) is 5.69 Å². The van der Waals surface area contributed by atoms with Gasteiger partial charge in [-0.3, -0.25) is 14.2 Å². The number of amides is 2. The van der Waals surface area contributed by atoms with Gasteiger partial charge in [0, 0.05) is 17.3 Å². The Balaban J connectivity index is 1.34. The number of nitrogens with one attached hydrogen (secondary N) is 2. The van der Waals surface area contributed by atoms with Crippen LogP contribution in [0.1, 0.15) is 23.2 Å². The third-order valence-electron chi connectivity index (χ3n) is 5.37. The van der Waals surface area contributed by atoms with Gasteiger partial charge in [0.05, 0.1) is 17.0 Å². The van der Waals surface area contributed by atoms with Crippen molar-refractivity contribution < 1.29 is 9.59 Å². The van der Waals surface area contributed by atoms with E-state index < -0.39 is 0 Å². The highest BCUT2D eigenvalue weighted by Gasteiger charge is 2.25. The largest absolute Gasteiger partial charge is 0.349 e. The predicted molar refractivity (Wildman–Crippen MR) is 133 cm³/mol. The number of benzene rings is 3. The summed E-state index contributed by atoms with van der Waals surface area (Å²) in [6, 6.07) is 26.9. The maximum Gasteiger partial charge on any atom is 0.253 e. The van der Waals surface area contributed by atoms with Crippen LogP contribution >= 0.6 is 11.8 Å². The molecule has 170 valence electrons. The molecular weight excluding hydrogens is 446 g/mol. The molecule has 0 unspecified atom stereocenters. The molecule has 2 N–H and O–H groups in total. The van der Waals surface area contributed by atoms with E-state index in [1.165, 1.54) is 11.8 Å². The Hall–Kier alpha value is -3.91. The standard InChI is InChI=1S/C26H23N5O2S/c32-23(28-22-14-8-7-13-21(22)25(33)27-19-15-16-19)17-34-26-30-29-24(18-9-3-1-4-10-18)31(26)20-11-5-2-6-12-20/h1-14,19H,15-17H2,(H,27,33)(H,28,32). The van der Waals surface area contributed by atoms with Crippen LogP contribution in [0.15, 0.2) is 90.1 Å². The number of hydrogen-bond acceptors (Lipinski definition) is 5. The molecule has 1 saturated carbocycles. The molecule has 5 rings (SSSR count). The van der Waals surface area contributed by atoms with Crippen LogP contribution in [0.3, 0.4) is 0 Å². The summed E-state index contributed by atoms with van der Waals surface area (Å²) >= 11 is 1.30. The molecule has 1 aliphatic rings. The summed E-state index contributed by atoms with van der Waals surface area (Å²) in [7, 11) is 0. The quantitative estimate of drug-likeness (QED) is 0.370. The number of hydrogen-bond donors (Lipinski definition) is 2. The van der Waals surface area contributed by atoms with Crippen molar-refractivity contribution >= 4 is 29.3 Å². The van der Waals surface area contributed by atoms with E-state index in [-0.39, 0.29) is 23.6 Å². The second-order valence-corrected chi connectivity index (χ2v) is 8.92. The number of carbonyl (C=O) groups excluding carboxylic acids is 2. The van der Waals surface area contributed by atoms with Crippen molar-refractivity contribution in [2.75, 3.05) is 11.1 Å². The number of anilines is 1. The van der Waals surface area contributed by atoms with Gasteiger partial charge in [-0.05, 0) is 37.1 Å². The monoisotopic (exact) mass is 469 g/mol. The number of nitrogens with zero attached hydrogens (tertiary/aromatic N) is 3. The van der Waals surface area contributed by atoms with Gasteiger partial charge in [0.25, 0.3) is 5.91 Å².